The van der Waals surface area contributed by atoms with Gasteiger partial charge in [0.15, 0.2) is 0 Å². The van der Waals surface area contributed by atoms with E-state index in [1.807, 2.05) is 0 Å². The molecule has 0 radical (unpaired) electrons. The maximum Gasteiger partial charge on any atom is 0.126 e. The van der Waals surface area contributed by atoms with Gasteiger partial charge < -0.3 is 10.5 Å². The van der Waals surface area contributed by atoms with Gasteiger partial charge in [-0.15, -0.1) is 0 Å². The molecule has 0 saturated carbocycles. The van der Waals surface area contributed by atoms with Crippen molar-refractivity contribution in [2.24, 2.45) is 5.73 Å². The van der Waals surface area contributed by atoms with Gasteiger partial charge in [0, 0.05) is 6.07 Å². The highest BCUT2D eigenvalue weighted by atomic mass is 19.1. The Morgan fingerprint density at radius 2 is 2.00 bits per heavy atom. The summed E-state index contributed by atoms with van der Waals surface area (Å²) in [4.78, 5) is 0. The molecule has 0 heterocycles. The Labute approximate surface area is 96.6 Å². The minimum atomic E-state index is -0.268. The van der Waals surface area contributed by atoms with Crippen molar-refractivity contribution in [2.75, 3.05) is 13.2 Å². The molecule has 1 aromatic carbocycles. The molecule has 0 bridgehead atoms. The SMILES string of the molecule is CC(C)(C)c1ccc(F)cc1OCCCN. The van der Waals surface area contributed by atoms with Gasteiger partial charge in [0.1, 0.15) is 11.6 Å². The van der Waals surface area contributed by atoms with E-state index in [1.54, 1.807) is 6.07 Å². The van der Waals surface area contributed by atoms with Gasteiger partial charge in [-0.25, -0.2) is 4.39 Å². The molecule has 0 aliphatic heterocycles. The van der Waals surface area contributed by atoms with Gasteiger partial charge in [0.05, 0.1) is 6.61 Å². The van der Waals surface area contributed by atoms with Crippen LogP contribution in [-0.4, -0.2) is 13.2 Å². The lowest BCUT2D eigenvalue weighted by Crippen LogP contribution is -2.15. The number of ether oxygens (including phenoxy) is 1. The molecule has 0 aliphatic rings. The molecule has 90 valence electrons. The van der Waals surface area contributed by atoms with Crippen molar-refractivity contribution in [1.29, 1.82) is 0 Å². The summed E-state index contributed by atoms with van der Waals surface area (Å²) in [5, 5.41) is 0. The van der Waals surface area contributed by atoms with E-state index in [0.717, 1.165) is 12.0 Å². The minimum absolute atomic E-state index is 0.0499. The second-order valence-corrected chi connectivity index (χ2v) is 4.88. The Hall–Kier alpha value is -1.09. The average molecular weight is 225 g/mol. The molecule has 1 aromatic rings. The summed E-state index contributed by atoms with van der Waals surface area (Å²) in [6.07, 6.45) is 0.778. The van der Waals surface area contributed by atoms with E-state index in [-0.39, 0.29) is 11.2 Å². The van der Waals surface area contributed by atoms with Crippen LogP contribution in [0.2, 0.25) is 0 Å². The first kappa shape index (κ1) is 13.0. The molecule has 0 saturated heterocycles. The lowest BCUT2D eigenvalue weighted by atomic mass is 9.86. The zero-order valence-electron chi connectivity index (χ0n) is 10.2. The maximum atomic E-state index is 13.1. The van der Waals surface area contributed by atoms with Crippen molar-refractivity contribution in [1.82, 2.24) is 0 Å². The molecule has 0 atom stereocenters. The fraction of sp³-hybridized carbons (Fsp3) is 0.538. The van der Waals surface area contributed by atoms with Gasteiger partial charge >= 0.3 is 0 Å². The molecular formula is C13H20FNO. The van der Waals surface area contributed by atoms with Crippen LogP contribution in [0.4, 0.5) is 4.39 Å². The van der Waals surface area contributed by atoms with Crippen molar-refractivity contribution >= 4 is 0 Å². The molecule has 0 fully saturated rings. The highest BCUT2D eigenvalue weighted by molar-refractivity contribution is 5.38. The zero-order valence-corrected chi connectivity index (χ0v) is 10.2. The Balaban J connectivity index is 2.90. The predicted octanol–water partition coefficient (Wildman–Crippen LogP) is 2.85. The van der Waals surface area contributed by atoms with Crippen molar-refractivity contribution in [3.63, 3.8) is 0 Å². The van der Waals surface area contributed by atoms with Crippen LogP contribution in [0.1, 0.15) is 32.8 Å². The number of hydrogen-bond donors (Lipinski definition) is 1. The summed E-state index contributed by atoms with van der Waals surface area (Å²) >= 11 is 0. The first-order valence-corrected chi connectivity index (χ1v) is 5.58. The molecular weight excluding hydrogens is 205 g/mol. The molecule has 1 rings (SSSR count). The van der Waals surface area contributed by atoms with Crippen molar-refractivity contribution in [3.8, 4) is 5.75 Å². The first-order valence-electron chi connectivity index (χ1n) is 5.58. The van der Waals surface area contributed by atoms with Gasteiger partial charge in [-0.1, -0.05) is 26.8 Å². The van der Waals surface area contributed by atoms with Gasteiger partial charge in [-0.3, -0.25) is 0 Å². The summed E-state index contributed by atoms with van der Waals surface area (Å²) in [5.41, 5.74) is 6.36. The number of benzene rings is 1. The number of hydrogen-bond acceptors (Lipinski definition) is 2. The minimum Gasteiger partial charge on any atom is -0.493 e. The number of nitrogens with two attached hydrogens (primary N) is 1. The highest BCUT2D eigenvalue weighted by Crippen LogP contribution is 2.31. The van der Waals surface area contributed by atoms with E-state index >= 15 is 0 Å². The monoisotopic (exact) mass is 225 g/mol. The second-order valence-electron chi connectivity index (χ2n) is 4.88. The maximum absolute atomic E-state index is 13.1. The smallest absolute Gasteiger partial charge is 0.126 e. The van der Waals surface area contributed by atoms with E-state index in [2.05, 4.69) is 20.8 Å². The molecule has 0 amide bonds. The normalized spacial score (nSPS) is 11.6. The van der Waals surface area contributed by atoms with Gasteiger partial charge in [-0.2, -0.15) is 0 Å². The van der Waals surface area contributed by atoms with Crippen LogP contribution < -0.4 is 10.5 Å². The molecule has 3 heteroatoms. The number of rotatable bonds is 4. The Kier molecular flexibility index (Phi) is 4.30. The number of halogens is 1. The summed E-state index contributed by atoms with van der Waals surface area (Å²) in [6, 6.07) is 4.70. The van der Waals surface area contributed by atoms with Crippen molar-refractivity contribution < 1.29 is 9.13 Å². The van der Waals surface area contributed by atoms with E-state index in [4.69, 9.17) is 10.5 Å². The largest absolute Gasteiger partial charge is 0.493 e. The lowest BCUT2D eigenvalue weighted by Gasteiger charge is -2.22. The molecule has 0 aliphatic carbocycles. The third-order valence-electron chi connectivity index (χ3n) is 2.36. The Bertz CT molecular complexity index is 344. The van der Waals surface area contributed by atoms with Crippen LogP contribution in [0.25, 0.3) is 0 Å². The molecule has 0 unspecified atom stereocenters. The third-order valence-corrected chi connectivity index (χ3v) is 2.36. The summed E-state index contributed by atoms with van der Waals surface area (Å²) in [5.74, 6) is 0.358. The average Bonchev–Trinajstić information content (AvgIpc) is 2.16. The fourth-order valence-corrected chi connectivity index (χ4v) is 1.50. The quantitative estimate of drug-likeness (QED) is 0.800. The van der Waals surface area contributed by atoms with Crippen LogP contribution >= 0.6 is 0 Å². The van der Waals surface area contributed by atoms with Crippen LogP contribution in [0.5, 0.6) is 5.75 Å². The van der Waals surface area contributed by atoms with E-state index in [0.29, 0.717) is 18.9 Å². The second kappa shape index (κ2) is 5.30. The van der Waals surface area contributed by atoms with Crippen LogP contribution in [0.15, 0.2) is 18.2 Å². The summed E-state index contributed by atoms with van der Waals surface area (Å²) in [6.45, 7) is 7.35. The molecule has 0 spiro atoms. The fourth-order valence-electron chi connectivity index (χ4n) is 1.50. The predicted molar refractivity (Wildman–Crippen MR) is 64.3 cm³/mol. The molecule has 16 heavy (non-hydrogen) atoms. The first-order chi connectivity index (χ1) is 7.45. The third kappa shape index (κ3) is 3.49. The Morgan fingerprint density at radius 3 is 2.56 bits per heavy atom. The lowest BCUT2D eigenvalue weighted by molar-refractivity contribution is 0.303. The van der Waals surface area contributed by atoms with Crippen LogP contribution in [-0.2, 0) is 5.41 Å². The highest BCUT2D eigenvalue weighted by Gasteiger charge is 2.19. The Morgan fingerprint density at radius 1 is 1.31 bits per heavy atom. The van der Waals surface area contributed by atoms with Crippen molar-refractivity contribution in [2.45, 2.75) is 32.6 Å². The van der Waals surface area contributed by atoms with Gasteiger partial charge in [0.25, 0.3) is 0 Å². The standard InChI is InChI=1S/C13H20FNO/c1-13(2,3)11-6-5-10(14)9-12(11)16-8-4-7-15/h5-6,9H,4,7-8,15H2,1-3H3. The van der Waals surface area contributed by atoms with E-state index in [1.165, 1.54) is 12.1 Å². The van der Waals surface area contributed by atoms with Crippen LogP contribution in [0, 0.1) is 5.82 Å². The topological polar surface area (TPSA) is 35.2 Å². The molecule has 0 aromatic heterocycles. The van der Waals surface area contributed by atoms with Gasteiger partial charge in [0.2, 0.25) is 0 Å². The van der Waals surface area contributed by atoms with Gasteiger partial charge in [-0.05, 0) is 30.0 Å². The molecule has 2 nitrogen and oxygen atoms in total. The van der Waals surface area contributed by atoms with E-state index in [9.17, 15) is 4.39 Å². The zero-order chi connectivity index (χ0) is 12.2. The van der Waals surface area contributed by atoms with E-state index < -0.39 is 0 Å². The summed E-state index contributed by atoms with van der Waals surface area (Å²) in [7, 11) is 0. The summed E-state index contributed by atoms with van der Waals surface area (Å²) < 4.78 is 18.7. The van der Waals surface area contributed by atoms with Crippen LogP contribution in [0.3, 0.4) is 0 Å². The molecule has 2 N–H and O–H groups in total. The van der Waals surface area contributed by atoms with Crippen molar-refractivity contribution in [3.05, 3.63) is 29.6 Å².